The molecule has 0 spiro atoms. The molecule has 0 saturated carbocycles. The molecule has 24 heavy (non-hydrogen) atoms. The summed E-state index contributed by atoms with van der Waals surface area (Å²) >= 11 is 0. The maximum atomic E-state index is 6.00. The van der Waals surface area contributed by atoms with Crippen molar-refractivity contribution < 1.29 is 0 Å². The third-order valence-corrected chi connectivity index (χ3v) is 4.80. The fourth-order valence-electron chi connectivity index (χ4n) is 3.60. The van der Waals surface area contributed by atoms with Gasteiger partial charge in [-0.25, -0.2) is 0 Å². The number of anilines is 2. The number of nitrogens with two attached hydrogens (primary N) is 1. The quantitative estimate of drug-likeness (QED) is 0.689. The Hall–Kier alpha value is -2.74. The van der Waals surface area contributed by atoms with E-state index in [0.717, 1.165) is 25.1 Å². The Morgan fingerprint density at radius 2 is 1.83 bits per heavy atom. The van der Waals surface area contributed by atoms with E-state index >= 15 is 0 Å². The van der Waals surface area contributed by atoms with Gasteiger partial charge in [0.25, 0.3) is 0 Å². The van der Waals surface area contributed by atoms with Gasteiger partial charge in [-0.2, -0.15) is 0 Å². The third-order valence-electron chi connectivity index (χ3n) is 4.80. The normalized spacial score (nSPS) is 17.3. The maximum absolute atomic E-state index is 6.00. The van der Waals surface area contributed by atoms with Crippen LogP contribution in [0.4, 0.5) is 11.4 Å². The number of nitrogen functional groups attached to an aromatic ring is 1. The molecule has 0 saturated heterocycles. The van der Waals surface area contributed by atoms with Crippen LogP contribution in [0.1, 0.15) is 12.0 Å². The highest BCUT2D eigenvalue weighted by molar-refractivity contribution is 5.88. The lowest BCUT2D eigenvalue weighted by atomic mass is 9.91. The lowest BCUT2D eigenvalue weighted by molar-refractivity contribution is 0.522. The van der Waals surface area contributed by atoms with Gasteiger partial charge in [-0.05, 0) is 59.4 Å². The largest absolute Gasteiger partial charge is 0.399 e. The number of rotatable bonds is 3. The van der Waals surface area contributed by atoms with E-state index in [4.69, 9.17) is 5.73 Å². The van der Waals surface area contributed by atoms with Crippen LogP contribution in [0.3, 0.4) is 0 Å². The summed E-state index contributed by atoms with van der Waals surface area (Å²) in [7, 11) is 0. The summed E-state index contributed by atoms with van der Waals surface area (Å²) < 4.78 is 0. The predicted octanol–water partition coefficient (Wildman–Crippen LogP) is 5.00. The van der Waals surface area contributed by atoms with Gasteiger partial charge in [-0.15, -0.1) is 0 Å². The van der Waals surface area contributed by atoms with Crippen molar-refractivity contribution in [1.82, 2.24) is 0 Å². The Kier molecular flexibility index (Phi) is 3.96. The first-order chi connectivity index (χ1) is 11.8. The molecular weight excluding hydrogens is 292 g/mol. The average Bonchev–Trinajstić information content (AvgIpc) is 2.63. The zero-order chi connectivity index (χ0) is 16.4. The highest BCUT2D eigenvalue weighted by Gasteiger charge is 2.17. The molecule has 1 atom stereocenters. The van der Waals surface area contributed by atoms with Crippen LogP contribution in [0, 0.1) is 5.92 Å². The predicted molar refractivity (Wildman–Crippen MR) is 103 cm³/mol. The van der Waals surface area contributed by atoms with Crippen LogP contribution < -0.4 is 10.6 Å². The molecule has 0 amide bonds. The summed E-state index contributed by atoms with van der Waals surface area (Å²) in [5.74, 6) is 0.613. The number of nitrogens with zero attached hydrogens (tertiary/aromatic N) is 1. The SMILES string of the molecule is Nc1ccc2cccc(CC3CC=CN(c4ccccc4)C3)c2c1. The van der Waals surface area contributed by atoms with Crippen molar-refractivity contribution in [3.8, 4) is 0 Å². The first kappa shape index (κ1) is 14.8. The summed E-state index contributed by atoms with van der Waals surface area (Å²) in [5.41, 5.74) is 9.50. The van der Waals surface area contributed by atoms with Crippen LogP contribution in [-0.4, -0.2) is 6.54 Å². The molecule has 1 aliphatic heterocycles. The van der Waals surface area contributed by atoms with E-state index in [0.29, 0.717) is 5.92 Å². The molecule has 0 aliphatic carbocycles. The van der Waals surface area contributed by atoms with Gasteiger partial charge in [-0.1, -0.05) is 48.5 Å². The summed E-state index contributed by atoms with van der Waals surface area (Å²) in [5, 5.41) is 2.56. The van der Waals surface area contributed by atoms with Gasteiger partial charge in [0.15, 0.2) is 0 Å². The molecule has 2 nitrogen and oxygen atoms in total. The minimum atomic E-state index is 0.613. The van der Waals surface area contributed by atoms with Gasteiger partial charge in [0.2, 0.25) is 0 Å². The Morgan fingerprint density at radius 3 is 2.71 bits per heavy atom. The number of allylic oxidation sites excluding steroid dienone is 1. The zero-order valence-electron chi connectivity index (χ0n) is 13.7. The molecule has 0 aromatic heterocycles. The number of hydrogen-bond acceptors (Lipinski definition) is 2. The summed E-state index contributed by atoms with van der Waals surface area (Å²) in [6.45, 7) is 1.05. The van der Waals surface area contributed by atoms with E-state index in [2.05, 4.69) is 77.8 Å². The first-order valence-corrected chi connectivity index (χ1v) is 8.55. The first-order valence-electron chi connectivity index (χ1n) is 8.55. The molecule has 4 rings (SSSR count). The maximum Gasteiger partial charge on any atom is 0.0406 e. The summed E-state index contributed by atoms with van der Waals surface area (Å²) in [6, 6.07) is 23.4. The van der Waals surface area contributed by atoms with Gasteiger partial charge in [-0.3, -0.25) is 0 Å². The van der Waals surface area contributed by atoms with Crippen molar-refractivity contribution in [3.05, 3.63) is 84.6 Å². The topological polar surface area (TPSA) is 29.3 Å². The number of para-hydroxylation sites is 1. The minimum Gasteiger partial charge on any atom is -0.399 e. The second-order valence-corrected chi connectivity index (χ2v) is 6.58. The molecule has 3 aromatic rings. The van der Waals surface area contributed by atoms with Gasteiger partial charge in [0, 0.05) is 24.1 Å². The fraction of sp³-hybridized carbons (Fsp3) is 0.182. The molecule has 0 radical (unpaired) electrons. The van der Waals surface area contributed by atoms with Crippen LogP contribution in [0.5, 0.6) is 0 Å². The molecular formula is C22H22N2. The highest BCUT2D eigenvalue weighted by Crippen LogP contribution is 2.28. The Morgan fingerprint density at radius 1 is 0.958 bits per heavy atom. The molecule has 1 aliphatic rings. The highest BCUT2D eigenvalue weighted by atomic mass is 15.1. The minimum absolute atomic E-state index is 0.613. The molecule has 120 valence electrons. The molecule has 1 heterocycles. The van der Waals surface area contributed by atoms with E-state index in [1.165, 1.54) is 22.0 Å². The van der Waals surface area contributed by atoms with Crippen molar-refractivity contribution in [1.29, 1.82) is 0 Å². The molecule has 2 N–H and O–H groups in total. The van der Waals surface area contributed by atoms with E-state index < -0.39 is 0 Å². The molecule has 3 aromatic carbocycles. The number of benzene rings is 3. The third kappa shape index (κ3) is 3.00. The van der Waals surface area contributed by atoms with Crippen molar-refractivity contribution in [3.63, 3.8) is 0 Å². The standard InChI is InChI=1S/C22H22N2/c23-20-12-11-18-7-4-8-19(22(18)15-20)14-17-6-5-13-24(16-17)21-9-2-1-3-10-21/h1-5,7-13,15,17H,6,14,16,23H2. The van der Waals surface area contributed by atoms with Crippen molar-refractivity contribution in [2.45, 2.75) is 12.8 Å². The van der Waals surface area contributed by atoms with E-state index in [1.807, 2.05) is 6.07 Å². The lowest BCUT2D eigenvalue weighted by Gasteiger charge is -2.30. The molecule has 0 fully saturated rings. The summed E-state index contributed by atoms with van der Waals surface area (Å²) in [6.07, 6.45) is 6.71. The summed E-state index contributed by atoms with van der Waals surface area (Å²) in [4.78, 5) is 2.35. The van der Waals surface area contributed by atoms with Gasteiger partial charge in [0.1, 0.15) is 0 Å². The van der Waals surface area contributed by atoms with Crippen molar-refractivity contribution >= 4 is 22.1 Å². The van der Waals surface area contributed by atoms with Crippen LogP contribution >= 0.6 is 0 Å². The average molecular weight is 314 g/mol. The van der Waals surface area contributed by atoms with Crippen LogP contribution in [0.15, 0.2) is 79.0 Å². The van der Waals surface area contributed by atoms with Gasteiger partial charge in [0.05, 0.1) is 0 Å². The zero-order valence-corrected chi connectivity index (χ0v) is 13.7. The van der Waals surface area contributed by atoms with E-state index in [-0.39, 0.29) is 0 Å². The van der Waals surface area contributed by atoms with Gasteiger partial charge >= 0.3 is 0 Å². The number of hydrogen-bond donors (Lipinski definition) is 1. The van der Waals surface area contributed by atoms with Gasteiger partial charge < -0.3 is 10.6 Å². The van der Waals surface area contributed by atoms with Crippen LogP contribution in [-0.2, 0) is 6.42 Å². The van der Waals surface area contributed by atoms with E-state index in [9.17, 15) is 0 Å². The lowest BCUT2D eigenvalue weighted by Crippen LogP contribution is -2.28. The van der Waals surface area contributed by atoms with E-state index in [1.54, 1.807) is 0 Å². The molecule has 2 heteroatoms. The van der Waals surface area contributed by atoms with Crippen molar-refractivity contribution in [2.24, 2.45) is 5.92 Å². The van der Waals surface area contributed by atoms with Crippen molar-refractivity contribution in [2.75, 3.05) is 17.2 Å². The Bertz CT molecular complexity index is 868. The molecule has 1 unspecified atom stereocenters. The monoisotopic (exact) mass is 314 g/mol. The van der Waals surface area contributed by atoms with Crippen LogP contribution in [0.25, 0.3) is 10.8 Å². The fourth-order valence-corrected chi connectivity index (χ4v) is 3.60. The van der Waals surface area contributed by atoms with Crippen LogP contribution in [0.2, 0.25) is 0 Å². The second kappa shape index (κ2) is 6.40. The number of fused-ring (bicyclic) bond motifs is 1. The molecule has 0 bridgehead atoms. The Balaban J connectivity index is 1.58. The smallest absolute Gasteiger partial charge is 0.0406 e. The Labute approximate surface area is 143 Å². The second-order valence-electron chi connectivity index (χ2n) is 6.58.